The molecular weight excluding hydrogens is 496 g/mol. The highest BCUT2D eigenvalue weighted by molar-refractivity contribution is 5.95. The molecule has 0 radical (unpaired) electrons. The lowest BCUT2D eigenvalue weighted by Gasteiger charge is -2.39. The summed E-state index contributed by atoms with van der Waals surface area (Å²) < 4.78 is 11.5. The number of likely N-dealkylation sites (N-methyl/N-ethyl adjacent to an activating group) is 1. The first kappa shape index (κ1) is 28.2. The predicted molar refractivity (Wildman–Crippen MR) is 148 cm³/mol. The maximum absolute atomic E-state index is 13.3. The van der Waals surface area contributed by atoms with Crippen LogP contribution in [0, 0.1) is 5.92 Å². The summed E-state index contributed by atoms with van der Waals surface area (Å²) >= 11 is 0. The Hall–Kier alpha value is -3.85. The number of benzene rings is 2. The number of carbonyl (C=O) groups excluding carboxylic acids is 3. The Balaban J connectivity index is 1.60. The fourth-order valence-electron chi connectivity index (χ4n) is 4.88. The van der Waals surface area contributed by atoms with Gasteiger partial charge in [0.15, 0.2) is 0 Å². The van der Waals surface area contributed by atoms with Crippen LogP contribution in [-0.4, -0.2) is 79.0 Å². The molecule has 2 aromatic rings. The fraction of sp³-hybridized carbons (Fsp3) is 0.433. The Morgan fingerprint density at radius 1 is 1.00 bits per heavy atom. The Labute approximate surface area is 230 Å². The molecule has 0 aromatic heterocycles. The van der Waals surface area contributed by atoms with Crippen LogP contribution in [0.15, 0.2) is 65.9 Å². The average molecular weight is 535 g/mol. The van der Waals surface area contributed by atoms with Crippen LogP contribution >= 0.6 is 0 Å². The molecular formula is C30H38N4O5. The Morgan fingerprint density at radius 2 is 1.69 bits per heavy atom. The quantitative estimate of drug-likeness (QED) is 0.486. The van der Waals surface area contributed by atoms with E-state index >= 15 is 0 Å². The molecule has 9 nitrogen and oxygen atoms in total. The van der Waals surface area contributed by atoms with Gasteiger partial charge >= 0.3 is 12.0 Å². The second-order valence-electron chi connectivity index (χ2n) is 10.3. The molecule has 1 fully saturated rings. The third kappa shape index (κ3) is 6.97. The van der Waals surface area contributed by atoms with Crippen LogP contribution < -0.4 is 10.1 Å². The Morgan fingerprint density at radius 3 is 2.36 bits per heavy atom. The smallest absolute Gasteiger partial charge is 0.338 e. The van der Waals surface area contributed by atoms with Gasteiger partial charge in [-0.2, -0.15) is 0 Å². The molecule has 2 aliphatic rings. The van der Waals surface area contributed by atoms with E-state index in [1.807, 2.05) is 73.3 Å². The van der Waals surface area contributed by atoms with Crippen molar-refractivity contribution in [3.8, 4) is 11.5 Å². The first-order chi connectivity index (χ1) is 18.8. The number of esters is 1. The number of carbonyl (C=O) groups is 3. The molecule has 208 valence electrons. The van der Waals surface area contributed by atoms with Crippen LogP contribution in [0.4, 0.5) is 4.79 Å². The minimum Gasteiger partial charge on any atom is -0.463 e. The van der Waals surface area contributed by atoms with Crippen molar-refractivity contribution < 1.29 is 23.9 Å². The molecule has 3 amide bonds. The number of nitrogens with zero attached hydrogens (tertiary/aromatic N) is 3. The van der Waals surface area contributed by atoms with Gasteiger partial charge in [0.25, 0.3) is 0 Å². The highest BCUT2D eigenvalue weighted by atomic mass is 16.5. The maximum atomic E-state index is 13.3. The number of para-hydroxylation sites is 1. The predicted octanol–water partition coefficient (Wildman–Crippen LogP) is 4.18. The van der Waals surface area contributed by atoms with Gasteiger partial charge in [-0.1, -0.05) is 44.2 Å². The van der Waals surface area contributed by atoms with Crippen molar-refractivity contribution in [3.05, 3.63) is 71.4 Å². The molecule has 9 heteroatoms. The largest absolute Gasteiger partial charge is 0.463 e. The Bertz CT molecular complexity index is 1200. The van der Waals surface area contributed by atoms with Gasteiger partial charge in [0.1, 0.15) is 11.5 Å². The molecule has 0 spiro atoms. The zero-order valence-electron chi connectivity index (χ0n) is 23.2. The number of amides is 3. The van der Waals surface area contributed by atoms with Crippen molar-refractivity contribution in [1.29, 1.82) is 0 Å². The van der Waals surface area contributed by atoms with Gasteiger partial charge in [-0.05, 0) is 42.7 Å². The molecule has 1 saturated heterocycles. The van der Waals surface area contributed by atoms with E-state index in [1.54, 1.807) is 14.0 Å². The van der Waals surface area contributed by atoms with Gasteiger partial charge < -0.3 is 19.7 Å². The van der Waals surface area contributed by atoms with E-state index in [-0.39, 0.29) is 18.5 Å². The number of rotatable bonds is 9. The summed E-state index contributed by atoms with van der Waals surface area (Å²) in [5.41, 5.74) is 1.71. The topological polar surface area (TPSA) is 91.4 Å². The first-order valence-electron chi connectivity index (χ1n) is 13.5. The van der Waals surface area contributed by atoms with Crippen molar-refractivity contribution in [2.45, 2.75) is 33.2 Å². The highest BCUT2D eigenvalue weighted by Gasteiger charge is 2.38. The number of hydrogen-bond donors (Lipinski definition) is 1. The van der Waals surface area contributed by atoms with Crippen LogP contribution in [0.25, 0.3) is 0 Å². The lowest BCUT2D eigenvalue weighted by atomic mass is 9.94. The van der Waals surface area contributed by atoms with E-state index in [0.717, 1.165) is 5.56 Å². The van der Waals surface area contributed by atoms with E-state index in [0.29, 0.717) is 67.8 Å². The number of ether oxygens (including phenoxy) is 2. The van der Waals surface area contributed by atoms with Crippen LogP contribution in [0.3, 0.4) is 0 Å². The zero-order chi connectivity index (χ0) is 27.9. The molecule has 2 aliphatic heterocycles. The zero-order valence-corrected chi connectivity index (χ0v) is 23.2. The normalized spacial score (nSPS) is 18.3. The minimum absolute atomic E-state index is 0.169. The second kappa shape index (κ2) is 12.8. The molecule has 0 aliphatic carbocycles. The van der Waals surface area contributed by atoms with Crippen LogP contribution in [-0.2, 0) is 14.3 Å². The van der Waals surface area contributed by atoms with Gasteiger partial charge in [-0.3, -0.25) is 14.6 Å². The molecule has 39 heavy (non-hydrogen) atoms. The summed E-state index contributed by atoms with van der Waals surface area (Å²) in [6, 6.07) is 15.8. The summed E-state index contributed by atoms with van der Waals surface area (Å²) in [5.74, 6) is 1.30. The van der Waals surface area contributed by atoms with E-state index in [1.165, 1.54) is 4.90 Å². The van der Waals surface area contributed by atoms with Crippen LogP contribution in [0.5, 0.6) is 11.5 Å². The van der Waals surface area contributed by atoms with E-state index < -0.39 is 12.0 Å². The highest BCUT2D eigenvalue weighted by Crippen LogP contribution is 2.34. The average Bonchev–Trinajstić information content (AvgIpc) is 2.92. The number of piperazine rings is 1. The van der Waals surface area contributed by atoms with E-state index in [2.05, 4.69) is 10.2 Å². The third-order valence-electron chi connectivity index (χ3n) is 6.92. The lowest BCUT2D eigenvalue weighted by Crippen LogP contribution is -2.53. The van der Waals surface area contributed by atoms with Gasteiger partial charge in [0.05, 0.1) is 18.2 Å². The molecule has 0 unspecified atom stereocenters. The summed E-state index contributed by atoms with van der Waals surface area (Å²) in [4.78, 5) is 44.5. The van der Waals surface area contributed by atoms with Crippen molar-refractivity contribution in [3.63, 3.8) is 0 Å². The summed E-state index contributed by atoms with van der Waals surface area (Å²) in [5, 5.41) is 2.97. The van der Waals surface area contributed by atoms with Gasteiger partial charge in [-0.25, -0.2) is 9.59 Å². The SMILES string of the molecule is CCOC(=O)C1=C(CN2CCN(C(=O)CC(C)C)CC2)N(C)C(=O)N[C@@H]1c1cccc(Oc2ccccc2)c1. The van der Waals surface area contributed by atoms with Gasteiger partial charge in [0, 0.05) is 51.9 Å². The van der Waals surface area contributed by atoms with E-state index in [9.17, 15) is 14.4 Å². The van der Waals surface area contributed by atoms with Gasteiger partial charge in [0.2, 0.25) is 5.91 Å². The number of hydrogen-bond acceptors (Lipinski definition) is 6. The van der Waals surface area contributed by atoms with Crippen LogP contribution in [0.1, 0.15) is 38.8 Å². The Kier molecular flexibility index (Phi) is 9.24. The number of urea groups is 1. The molecule has 0 bridgehead atoms. The van der Waals surface area contributed by atoms with Gasteiger partial charge in [-0.15, -0.1) is 0 Å². The van der Waals surface area contributed by atoms with E-state index in [4.69, 9.17) is 9.47 Å². The molecule has 2 aromatic carbocycles. The lowest BCUT2D eigenvalue weighted by molar-refractivity contribution is -0.139. The summed E-state index contributed by atoms with van der Waals surface area (Å²) in [7, 11) is 1.66. The minimum atomic E-state index is -0.698. The fourth-order valence-corrected chi connectivity index (χ4v) is 4.88. The summed E-state index contributed by atoms with van der Waals surface area (Å²) in [6.07, 6.45) is 0.537. The van der Waals surface area contributed by atoms with Crippen molar-refractivity contribution in [1.82, 2.24) is 20.0 Å². The van der Waals surface area contributed by atoms with Crippen molar-refractivity contribution >= 4 is 17.9 Å². The number of nitrogens with one attached hydrogen (secondary N) is 1. The summed E-state index contributed by atoms with van der Waals surface area (Å²) in [6.45, 7) is 9.00. The van der Waals surface area contributed by atoms with Crippen molar-refractivity contribution in [2.24, 2.45) is 5.92 Å². The van der Waals surface area contributed by atoms with Crippen LogP contribution in [0.2, 0.25) is 0 Å². The molecule has 1 atom stereocenters. The molecule has 2 heterocycles. The maximum Gasteiger partial charge on any atom is 0.338 e. The third-order valence-corrected chi connectivity index (χ3v) is 6.92. The first-order valence-corrected chi connectivity index (χ1v) is 13.5. The second-order valence-corrected chi connectivity index (χ2v) is 10.3. The standard InChI is InChI=1S/C30H38N4O5/c1-5-38-29(36)27-25(20-33-14-16-34(17-15-33)26(35)18-21(2)3)32(4)30(37)31-28(27)22-10-9-13-24(19-22)39-23-11-7-6-8-12-23/h6-13,19,21,28H,5,14-18,20H2,1-4H3,(H,31,37)/t28-/m1/s1. The molecule has 4 rings (SSSR count). The van der Waals surface area contributed by atoms with Crippen molar-refractivity contribution in [2.75, 3.05) is 46.4 Å². The monoisotopic (exact) mass is 534 g/mol. The molecule has 1 N–H and O–H groups in total. The molecule has 0 saturated carbocycles.